The van der Waals surface area contributed by atoms with Crippen LogP contribution in [0.1, 0.15) is 32.5 Å². The number of hydrogen-bond donors (Lipinski definition) is 2. The van der Waals surface area contributed by atoms with Crippen LogP contribution in [0, 0.1) is 0 Å². The number of hydrogen-bond acceptors (Lipinski definition) is 6. The first-order valence-corrected chi connectivity index (χ1v) is 7.22. The third-order valence-corrected chi connectivity index (χ3v) is 2.65. The molecule has 0 unspecified atom stereocenters. The quantitative estimate of drug-likeness (QED) is 0.607. The topological polar surface area (TPSA) is 68.3 Å². The minimum atomic E-state index is 0.439. The summed E-state index contributed by atoms with van der Waals surface area (Å²) >= 11 is 0. The maximum Gasteiger partial charge on any atom is 0.158 e. The largest absolute Gasteiger partial charge is 0.385 e. The second kappa shape index (κ2) is 10.4. The molecule has 1 aromatic heterocycles. The van der Waals surface area contributed by atoms with E-state index in [4.69, 9.17) is 9.47 Å². The van der Waals surface area contributed by atoms with Crippen molar-refractivity contribution in [3.63, 3.8) is 0 Å². The SMILES string of the molecule is CCNc1cc(NCCCCOC)nc(COCC)n1. The van der Waals surface area contributed by atoms with Crippen LogP contribution in [0.2, 0.25) is 0 Å². The van der Waals surface area contributed by atoms with Crippen molar-refractivity contribution < 1.29 is 9.47 Å². The van der Waals surface area contributed by atoms with Crippen molar-refractivity contribution in [3.05, 3.63) is 11.9 Å². The van der Waals surface area contributed by atoms with Gasteiger partial charge in [-0.05, 0) is 26.7 Å². The summed E-state index contributed by atoms with van der Waals surface area (Å²) in [6.07, 6.45) is 2.09. The van der Waals surface area contributed by atoms with Crippen LogP contribution in [0.25, 0.3) is 0 Å². The molecular formula is C14H26N4O2. The molecule has 0 radical (unpaired) electrons. The van der Waals surface area contributed by atoms with Gasteiger partial charge in [0.05, 0.1) is 0 Å². The highest BCUT2D eigenvalue weighted by Crippen LogP contribution is 2.12. The van der Waals surface area contributed by atoms with E-state index in [2.05, 4.69) is 20.6 Å². The monoisotopic (exact) mass is 282 g/mol. The molecular weight excluding hydrogens is 256 g/mol. The van der Waals surface area contributed by atoms with Crippen molar-refractivity contribution in [2.24, 2.45) is 0 Å². The summed E-state index contributed by atoms with van der Waals surface area (Å²) in [6, 6.07) is 1.93. The number of methoxy groups -OCH3 is 1. The third kappa shape index (κ3) is 6.68. The van der Waals surface area contributed by atoms with Crippen molar-refractivity contribution in [1.29, 1.82) is 0 Å². The first-order chi connectivity index (χ1) is 9.80. The van der Waals surface area contributed by atoms with Gasteiger partial charge in [0.25, 0.3) is 0 Å². The predicted molar refractivity (Wildman–Crippen MR) is 81.1 cm³/mol. The highest BCUT2D eigenvalue weighted by molar-refractivity contribution is 5.47. The molecule has 0 saturated heterocycles. The molecule has 0 atom stereocenters. The zero-order valence-electron chi connectivity index (χ0n) is 12.7. The van der Waals surface area contributed by atoms with Crippen LogP contribution in [0.5, 0.6) is 0 Å². The van der Waals surface area contributed by atoms with Crippen molar-refractivity contribution in [2.45, 2.75) is 33.3 Å². The lowest BCUT2D eigenvalue weighted by molar-refractivity contribution is 0.128. The van der Waals surface area contributed by atoms with E-state index in [0.29, 0.717) is 19.0 Å². The maximum atomic E-state index is 5.37. The molecule has 0 bridgehead atoms. The highest BCUT2D eigenvalue weighted by Gasteiger charge is 2.04. The van der Waals surface area contributed by atoms with Crippen LogP contribution in [-0.4, -0.2) is 43.4 Å². The van der Waals surface area contributed by atoms with E-state index in [9.17, 15) is 0 Å². The van der Waals surface area contributed by atoms with E-state index in [1.165, 1.54) is 0 Å². The molecule has 0 amide bonds. The molecule has 0 saturated carbocycles. The zero-order valence-corrected chi connectivity index (χ0v) is 12.7. The Balaban J connectivity index is 2.55. The van der Waals surface area contributed by atoms with Gasteiger partial charge in [-0.2, -0.15) is 0 Å². The Morgan fingerprint density at radius 2 is 1.85 bits per heavy atom. The molecule has 0 aromatic carbocycles. The fourth-order valence-corrected chi connectivity index (χ4v) is 1.71. The number of nitrogens with one attached hydrogen (secondary N) is 2. The van der Waals surface area contributed by atoms with Gasteiger partial charge < -0.3 is 20.1 Å². The fourth-order valence-electron chi connectivity index (χ4n) is 1.71. The summed E-state index contributed by atoms with van der Waals surface area (Å²) in [5.41, 5.74) is 0. The summed E-state index contributed by atoms with van der Waals surface area (Å²) in [4.78, 5) is 8.86. The molecule has 6 nitrogen and oxygen atoms in total. The molecule has 0 fully saturated rings. The number of ether oxygens (including phenoxy) is 2. The predicted octanol–water partition coefficient (Wildman–Crippen LogP) is 2.28. The Kier molecular flexibility index (Phi) is 8.66. The molecule has 2 N–H and O–H groups in total. The molecule has 6 heteroatoms. The van der Waals surface area contributed by atoms with Crippen LogP contribution >= 0.6 is 0 Å². The standard InChI is InChI=1S/C14H26N4O2/c1-4-15-12-10-13(16-8-6-7-9-19-3)18-14(17-12)11-20-5-2/h10H,4-9,11H2,1-3H3,(H2,15,16,17,18). The summed E-state index contributed by atoms with van der Waals surface area (Å²) in [7, 11) is 1.72. The lowest BCUT2D eigenvalue weighted by atomic mass is 10.3. The number of anilines is 2. The average molecular weight is 282 g/mol. The van der Waals surface area contributed by atoms with Gasteiger partial charge >= 0.3 is 0 Å². The van der Waals surface area contributed by atoms with Gasteiger partial charge in [0.15, 0.2) is 5.82 Å². The van der Waals surface area contributed by atoms with E-state index in [1.807, 2.05) is 19.9 Å². The Morgan fingerprint density at radius 1 is 1.10 bits per heavy atom. The molecule has 1 aromatic rings. The fraction of sp³-hybridized carbons (Fsp3) is 0.714. The normalized spacial score (nSPS) is 10.6. The minimum Gasteiger partial charge on any atom is -0.385 e. The average Bonchev–Trinajstić information content (AvgIpc) is 2.45. The van der Waals surface area contributed by atoms with Gasteiger partial charge in [0.1, 0.15) is 18.2 Å². The lowest BCUT2D eigenvalue weighted by Gasteiger charge is -2.10. The zero-order chi connectivity index (χ0) is 14.6. The number of unbranched alkanes of at least 4 members (excludes halogenated alkanes) is 1. The Labute approximate surface area is 121 Å². The Bertz CT molecular complexity index is 374. The molecule has 0 aliphatic carbocycles. The summed E-state index contributed by atoms with van der Waals surface area (Å²) in [5.74, 6) is 2.37. The molecule has 0 aliphatic rings. The van der Waals surface area contributed by atoms with Crippen LogP contribution in [-0.2, 0) is 16.1 Å². The van der Waals surface area contributed by atoms with Crippen molar-refractivity contribution in [2.75, 3.05) is 44.0 Å². The second-order valence-corrected chi connectivity index (χ2v) is 4.35. The molecule has 20 heavy (non-hydrogen) atoms. The van der Waals surface area contributed by atoms with E-state index in [-0.39, 0.29) is 0 Å². The van der Waals surface area contributed by atoms with Gasteiger partial charge in [-0.3, -0.25) is 0 Å². The lowest BCUT2D eigenvalue weighted by Crippen LogP contribution is -2.10. The van der Waals surface area contributed by atoms with Gasteiger partial charge in [0.2, 0.25) is 0 Å². The van der Waals surface area contributed by atoms with Crippen molar-refractivity contribution in [3.8, 4) is 0 Å². The Hall–Kier alpha value is -1.40. The van der Waals surface area contributed by atoms with Gasteiger partial charge in [0, 0.05) is 39.5 Å². The van der Waals surface area contributed by atoms with E-state index in [1.54, 1.807) is 7.11 Å². The third-order valence-electron chi connectivity index (χ3n) is 2.65. The minimum absolute atomic E-state index is 0.439. The van der Waals surface area contributed by atoms with Crippen LogP contribution in [0.15, 0.2) is 6.07 Å². The molecule has 114 valence electrons. The summed E-state index contributed by atoms with van der Waals surface area (Å²) in [6.45, 7) is 7.61. The second-order valence-electron chi connectivity index (χ2n) is 4.35. The smallest absolute Gasteiger partial charge is 0.158 e. The van der Waals surface area contributed by atoms with Crippen molar-refractivity contribution in [1.82, 2.24) is 9.97 Å². The molecule has 0 spiro atoms. The van der Waals surface area contributed by atoms with Crippen LogP contribution < -0.4 is 10.6 Å². The first-order valence-electron chi connectivity index (χ1n) is 7.22. The van der Waals surface area contributed by atoms with E-state index in [0.717, 1.165) is 44.2 Å². The molecule has 1 rings (SSSR count). The van der Waals surface area contributed by atoms with Gasteiger partial charge in [-0.1, -0.05) is 0 Å². The van der Waals surface area contributed by atoms with E-state index < -0.39 is 0 Å². The Morgan fingerprint density at radius 3 is 2.50 bits per heavy atom. The molecule has 0 aliphatic heterocycles. The highest BCUT2D eigenvalue weighted by atomic mass is 16.5. The number of rotatable bonds is 11. The van der Waals surface area contributed by atoms with Gasteiger partial charge in [-0.25, -0.2) is 9.97 Å². The number of aromatic nitrogens is 2. The van der Waals surface area contributed by atoms with Gasteiger partial charge in [-0.15, -0.1) is 0 Å². The van der Waals surface area contributed by atoms with Crippen LogP contribution in [0.4, 0.5) is 11.6 Å². The number of nitrogens with zero attached hydrogens (tertiary/aromatic N) is 2. The first kappa shape index (κ1) is 16.7. The van der Waals surface area contributed by atoms with Crippen LogP contribution in [0.3, 0.4) is 0 Å². The molecule has 1 heterocycles. The van der Waals surface area contributed by atoms with E-state index >= 15 is 0 Å². The summed E-state index contributed by atoms with van der Waals surface area (Å²) in [5, 5.41) is 6.53. The summed E-state index contributed by atoms with van der Waals surface area (Å²) < 4.78 is 10.4. The van der Waals surface area contributed by atoms with Crippen molar-refractivity contribution >= 4 is 11.6 Å². The maximum absolute atomic E-state index is 5.37.